The van der Waals surface area contributed by atoms with Crippen LogP contribution in [-0.4, -0.2) is 52.9 Å². The molecule has 1 aromatic rings. The molecule has 0 aromatic carbocycles. The molecule has 0 spiro atoms. The van der Waals surface area contributed by atoms with Crippen molar-refractivity contribution in [1.82, 2.24) is 14.8 Å². The number of carbonyl (C=O) groups excluding carboxylic acids is 1. The molecular weight excluding hydrogens is 260 g/mol. The lowest BCUT2D eigenvalue weighted by molar-refractivity contribution is -0.130. The molecule has 5 nitrogen and oxygen atoms in total. The van der Waals surface area contributed by atoms with Gasteiger partial charge < -0.3 is 10.6 Å². The summed E-state index contributed by atoms with van der Waals surface area (Å²) in [6.07, 6.45) is 3.98. The third-order valence-corrected chi connectivity index (χ3v) is 4.78. The molecule has 2 aliphatic rings. The first-order valence-corrected chi connectivity index (χ1v) is 7.82. The van der Waals surface area contributed by atoms with Crippen LogP contribution in [0.15, 0.2) is 5.38 Å². The summed E-state index contributed by atoms with van der Waals surface area (Å²) in [6, 6.07) is 0.576. The van der Waals surface area contributed by atoms with Gasteiger partial charge in [-0.25, -0.2) is 4.98 Å². The maximum atomic E-state index is 12.3. The molecule has 1 aromatic heterocycles. The van der Waals surface area contributed by atoms with E-state index in [4.69, 9.17) is 5.73 Å². The highest BCUT2D eigenvalue weighted by Gasteiger charge is 2.30. The fourth-order valence-electron chi connectivity index (χ4n) is 3.10. The molecule has 2 N–H and O–H groups in total. The molecular formula is C13H20N4OS. The summed E-state index contributed by atoms with van der Waals surface area (Å²) in [7, 11) is 0. The number of carbonyl (C=O) groups is 1. The normalized spacial score (nSPS) is 24.2. The fraction of sp³-hybridized carbons (Fsp3) is 0.692. The zero-order valence-electron chi connectivity index (χ0n) is 11.0. The molecule has 1 unspecified atom stereocenters. The van der Waals surface area contributed by atoms with Crippen LogP contribution in [0, 0.1) is 0 Å². The minimum absolute atomic E-state index is 0.194. The number of amides is 1. The molecule has 0 saturated carbocycles. The first-order valence-electron chi connectivity index (χ1n) is 6.94. The molecule has 0 aliphatic carbocycles. The highest BCUT2D eigenvalue weighted by molar-refractivity contribution is 7.13. The Bertz CT molecular complexity index is 461. The second kappa shape index (κ2) is 5.46. The lowest BCUT2D eigenvalue weighted by Crippen LogP contribution is -2.40. The Morgan fingerprint density at radius 2 is 2.26 bits per heavy atom. The van der Waals surface area contributed by atoms with E-state index in [0.717, 1.165) is 31.7 Å². The van der Waals surface area contributed by atoms with Gasteiger partial charge in [0.15, 0.2) is 5.13 Å². The molecule has 3 heterocycles. The van der Waals surface area contributed by atoms with Gasteiger partial charge >= 0.3 is 0 Å². The van der Waals surface area contributed by atoms with Gasteiger partial charge in [-0.05, 0) is 25.8 Å². The van der Waals surface area contributed by atoms with Crippen molar-refractivity contribution in [1.29, 1.82) is 0 Å². The van der Waals surface area contributed by atoms with Gasteiger partial charge in [0.1, 0.15) is 0 Å². The van der Waals surface area contributed by atoms with E-state index in [9.17, 15) is 4.79 Å². The van der Waals surface area contributed by atoms with Crippen molar-refractivity contribution in [3.8, 4) is 0 Å². The minimum atomic E-state index is 0.194. The summed E-state index contributed by atoms with van der Waals surface area (Å²) < 4.78 is 0. The van der Waals surface area contributed by atoms with E-state index in [1.807, 2.05) is 10.3 Å². The van der Waals surface area contributed by atoms with Crippen LogP contribution in [-0.2, 0) is 11.2 Å². The van der Waals surface area contributed by atoms with E-state index in [2.05, 4.69) is 9.88 Å². The molecule has 2 fully saturated rings. The predicted molar refractivity (Wildman–Crippen MR) is 76.0 cm³/mol. The number of fused-ring (bicyclic) bond motifs is 1. The monoisotopic (exact) mass is 280 g/mol. The largest absolute Gasteiger partial charge is 0.375 e. The van der Waals surface area contributed by atoms with Crippen LogP contribution in [0.5, 0.6) is 0 Å². The maximum Gasteiger partial charge on any atom is 0.228 e. The van der Waals surface area contributed by atoms with Gasteiger partial charge in [-0.2, -0.15) is 0 Å². The number of hydrogen-bond acceptors (Lipinski definition) is 5. The van der Waals surface area contributed by atoms with Crippen LogP contribution in [0.25, 0.3) is 0 Å². The fourth-order valence-corrected chi connectivity index (χ4v) is 3.67. The Morgan fingerprint density at radius 1 is 1.42 bits per heavy atom. The van der Waals surface area contributed by atoms with Gasteiger partial charge in [0.25, 0.3) is 0 Å². The van der Waals surface area contributed by atoms with Crippen molar-refractivity contribution < 1.29 is 4.79 Å². The quantitative estimate of drug-likeness (QED) is 0.876. The number of nitrogen functional groups attached to an aromatic ring is 1. The third-order valence-electron chi connectivity index (χ3n) is 4.06. The van der Waals surface area contributed by atoms with Gasteiger partial charge in [-0.3, -0.25) is 9.69 Å². The summed E-state index contributed by atoms with van der Waals surface area (Å²) in [6.45, 7) is 4.11. The van der Waals surface area contributed by atoms with Crippen molar-refractivity contribution >= 4 is 22.4 Å². The molecule has 1 atom stereocenters. The number of nitrogens with zero attached hydrogens (tertiary/aromatic N) is 3. The van der Waals surface area contributed by atoms with E-state index in [-0.39, 0.29) is 5.91 Å². The Kier molecular flexibility index (Phi) is 3.70. The van der Waals surface area contributed by atoms with Crippen LogP contribution >= 0.6 is 11.3 Å². The van der Waals surface area contributed by atoms with Crippen LogP contribution in [0.1, 0.15) is 25.0 Å². The van der Waals surface area contributed by atoms with Crippen LogP contribution < -0.4 is 5.73 Å². The lowest BCUT2D eigenvalue weighted by Gasteiger charge is -2.25. The number of rotatable bonds is 2. The van der Waals surface area contributed by atoms with E-state index in [0.29, 0.717) is 17.6 Å². The molecule has 104 valence electrons. The second-order valence-electron chi connectivity index (χ2n) is 5.38. The molecule has 1 amide bonds. The Labute approximate surface area is 117 Å². The Balaban J connectivity index is 1.62. The highest BCUT2D eigenvalue weighted by atomic mass is 32.1. The Morgan fingerprint density at radius 3 is 3.05 bits per heavy atom. The van der Waals surface area contributed by atoms with Gasteiger partial charge in [0.2, 0.25) is 5.91 Å². The molecule has 2 saturated heterocycles. The number of hydrogen-bond donors (Lipinski definition) is 1. The number of anilines is 1. The molecule has 0 radical (unpaired) electrons. The number of nitrogens with two attached hydrogens (primary N) is 1. The first kappa shape index (κ1) is 12.9. The molecule has 0 bridgehead atoms. The maximum absolute atomic E-state index is 12.3. The summed E-state index contributed by atoms with van der Waals surface area (Å²) in [4.78, 5) is 21.1. The first-order chi connectivity index (χ1) is 9.22. The number of thiazole rings is 1. The third kappa shape index (κ3) is 2.90. The predicted octanol–water partition coefficient (Wildman–Crippen LogP) is 0.965. The summed E-state index contributed by atoms with van der Waals surface area (Å²) in [5, 5.41) is 2.42. The number of aromatic nitrogens is 1. The van der Waals surface area contributed by atoms with Crippen molar-refractivity contribution in [3.63, 3.8) is 0 Å². The van der Waals surface area contributed by atoms with Crippen molar-refractivity contribution in [2.45, 2.75) is 31.7 Å². The van der Waals surface area contributed by atoms with Crippen molar-refractivity contribution in [2.75, 3.05) is 31.9 Å². The van der Waals surface area contributed by atoms with Gasteiger partial charge in [0.05, 0.1) is 12.1 Å². The topological polar surface area (TPSA) is 62.5 Å². The van der Waals surface area contributed by atoms with E-state index in [1.54, 1.807) is 0 Å². The molecule has 19 heavy (non-hydrogen) atoms. The van der Waals surface area contributed by atoms with E-state index >= 15 is 0 Å². The van der Waals surface area contributed by atoms with Crippen molar-refractivity contribution in [2.24, 2.45) is 0 Å². The van der Waals surface area contributed by atoms with E-state index in [1.165, 1.54) is 30.7 Å². The summed E-state index contributed by atoms with van der Waals surface area (Å²) in [5.74, 6) is 0.194. The zero-order valence-corrected chi connectivity index (χ0v) is 11.9. The summed E-state index contributed by atoms with van der Waals surface area (Å²) in [5.41, 5.74) is 6.41. The highest BCUT2D eigenvalue weighted by Crippen LogP contribution is 2.22. The molecule has 6 heteroatoms. The zero-order chi connectivity index (χ0) is 13.2. The molecule has 2 aliphatic heterocycles. The van der Waals surface area contributed by atoms with Gasteiger partial charge in [-0.15, -0.1) is 11.3 Å². The van der Waals surface area contributed by atoms with Crippen LogP contribution in [0.2, 0.25) is 0 Å². The van der Waals surface area contributed by atoms with Gasteiger partial charge in [-0.1, -0.05) is 0 Å². The average Bonchev–Trinajstić information content (AvgIpc) is 2.93. The minimum Gasteiger partial charge on any atom is -0.375 e. The Hall–Kier alpha value is -1.14. The average molecular weight is 280 g/mol. The summed E-state index contributed by atoms with van der Waals surface area (Å²) >= 11 is 1.40. The van der Waals surface area contributed by atoms with E-state index < -0.39 is 0 Å². The van der Waals surface area contributed by atoms with Crippen LogP contribution in [0.4, 0.5) is 5.13 Å². The smallest absolute Gasteiger partial charge is 0.228 e. The molecule has 3 rings (SSSR count). The van der Waals surface area contributed by atoms with Crippen LogP contribution in [0.3, 0.4) is 0 Å². The standard InChI is InChI=1S/C13H20N4OS/c14-13-15-10(9-19-13)7-12(18)17-6-2-5-16-4-1-3-11(16)8-17/h9,11H,1-8H2,(H2,14,15). The SMILES string of the molecule is Nc1nc(CC(=O)N2CCCN3CCCC3C2)cs1. The second-order valence-corrected chi connectivity index (χ2v) is 6.27. The lowest BCUT2D eigenvalue weighted by atomic mass is 10.2. The van der Waals surface area contributed by atoms with Crippen molar-refractivity contribution in [3.05, 3.63) is 11.1 Å². The van der Waals surface area contributed by atoms with Gasteiger partial charge in [0, 0.05) is 31.1 Å².